The quantitative estimate of drug-likeness (QED) is 0.624. The molecule has 0 aliphatic carbocycles. The summed E-state index contributed by atoms with van der Waals surface area (Å²) >= 11 is 0. The first-order valence-corrected chi connectivity index (χ1v) is 5.12. The molecule has 84 valence electrons. The summed E-state index contributed by atoms with van der Waals surface area (Å²) in [7, 11) is 0. The predicted octanol–water partition coefficient (Wildman–Crippen LogP) is 1.36. The van der Waals surface area contributed by atoms with E-state index in [1.165, 1.54) is 18.2 Å². The topological polar surface area (TPSA) is 58.3 Å². The third-order valence-electron chi connectivity index (χ3n) is 2.16. The minimum absolute atomic E-state index is 0.128. The van der Waals surface area contributed by atoms with Gasteiger partial charge in [-0.1, -0.05) is 0 Å². The van der Waals surface area contributed by atoms with E-state index in [0.717, 1.165) is 19.4 Å². The molecule has 0 aliphatic heterocycles. The second-order valence-corrected chi connectivity index (χ2v) is 3.45. The first kappa shape index (κ1) is 11.9. The molecule has 0 fully saturated rings. The van der Waals surface area contributed by atoms with Crippen LogP contribution in [0.25, 0.3) is 0 Å². The van der Waals surface area contributed by atoms with Crippen LogP contribution in [-0.2, 0) is 6.54 Å². The van der Waals surface area contributed by atoms with Crippen molar-refractivity contribution < 1.29 is 9.50 Å². The molecule has 1 aromatic rings. The van der Waals surface area contributed by atoms with Crippen molar-refractivity contribution in [3.05, 3.63) is 29.6 Å². The Labute approximate surface area is 89.1 Å². The number of phenolic OH excluding ortho intramolecular Hbond substituents is 1. The Morgan fingerprint density at radius 3 is 2.87 bits per heavy atom. The largest absolute Gasteiger partial charge is 0.508 e. The monoisotopic (exact) mass is 212 g/mol. The van der Waals surface area contributed by atoms with Crippen molar-refractivity contribution in [2.24, 2.45) is 5.73 Å². The van der Waals surface area contributed by atoms with Crippen LogP contribution < -0.4 is 11.1 Å². The highest BCUT2D eigenvalue weighted by molar-refractivity contribution is 5.32. The first-order valence-electron chi connectivity index (χ1n) is 5.12. The van der Waals surface area contributed by atoms with Crippen LogP contribution in [0, 0.1) is 5.82 Å². The van der Waals surface area contributed by atoms with Crippen LogP contribution in [0.3, 0.4) is 0 Å². The minimum atomic E-state index is -0.327. The lowest BCUT2D eigenvalue weighted by Gasteiger charge is -2.06. The van der Waals surface area contributed by atoms with E-state index < -0.39 is 0 Å². The number of phenols is 1. The van der Waals surface area contributed by atoms with Crippen LogP contribution in [0.2, 0.25) is 0 Å². The molecule has 1 rings (SSSR count). The Morgan fingerprint density at radius 1 is 1.33 bits per heavy atom. The molecule has 0 saturated heterocycles. The number of hydrogen-bond acceptors (Lipinski definition) is 3. The maximum Gasteiger partial charge on any atom is 0.123 e. The van der Waals surface area contributed by atoms with Crippen LogP contribution in [0.5, 0.6) is 5.75 Å². The molecule has 0 bridgehead atoms. The van der Waals surface area contributed by atoms with E-state index in [-0.39, 0.29) is 11.6 Å². The highest BCUT2D eigenvalue weighted by atomic mass is 19.1. The third kappa shape index (κ3) is 4.27. The Morgan fingerprint density at radius 2 is 2.13 bits per heavy atom. The van der Waals surface area contributed by atoms with E-state index in [1.54, 1.807) is 0 Å². The molecule has 0 aliphatic rings. The molecule has 0 amide bonds. The summed E-state index contributed by atoms with van der Waals surface area (Å²) in [5.41, 5.74) is 5.93. The van der Waals surface area contributed by atoms with E-state index in [9.17, 15) is 9.50 Å². The fourth-order valence-corrected chi connectivity index (χ4v) is 1.31. The molecular formula is C11H17FN2O. The van der Waals surface area contributed by atoms with Gasteiger partial charge >= 0.3 is 0 Å². The van der Waals surface area contributed by atoms with Gasteiger partial charge in [-0.3, -0.25) is 0 Å². The van der Waals surface area contributed by atoms with Gasteiger partial charge in [-0.15, -0.1) is 0 Å². The Balaban J connectivity index is 2.33. The maximum atomic E-state index is 12.8. The molecule has 4 heteroatoms. The van der Waals surface area contributed by atoms with Gasteiger partial charge in [-0.2, -0.15) is 0 Å². The molecule has 15 heavy (non-hydrogen) atoms. The average Bonchev–Trinajstić information content (AvgIpc) is 2.23. The smallest absolute Gasteiger partial charge is 0.123 e. The van der Waals surface area contributed by atoms with E-state index in [2.05, 4.69) is 5.32 Å². The van der Waals surface area contributed by atoms with Crippen molar-refractivity contribution >= 4 is 0 Å². The maximum absolute atomic E-state index is 12.8. The fourth-order valence-electron chi connectivity index (χ4n) is 1.31. The van der Waals surface area contributed by atoms with Gasteiger partial charge in [0.25, 0.3) is 0 Å². The van der Waals surface area contributed by atoms with Gasteiger partial charge in [0.2, 0.25) is 0 Å². The highest BCUT2D eigenvalue weighted by Crippen LogP contribution is 2.17. The number of benzene rings is 1. The summed E-state index contributed by atoms with van der Waals surface area (Å²) in [5.74, 6) is -0.200. The molecule has 0 spiro atoms. The standard InChI is InChI=1S/C11H17FN2O/c12-10-3-4-11(15)9(7-10)8-14-6-2-1-5-13/h3-4,7,14-15H,1-2,5-6,8,13H2. The molecule has 3 nitrogen and oxygen atoms in total. The van der Waals surface area contributed by atoms with Crippen molar-refractivity contribution in [2.75, 3.05) is 13.1 Å². The summed E-state index contributed by atoms with van der Waals surface area (Å²) < 4.78 is 12.8. The fraction of sp³-hybridized carbons (Fsp3) is 0.455. The SMILES string of the molecule is NCCCCNCc1cc(F)ccc1O. The highest BCUT2D eigenvalue weighted by Gasteiger charge is 2.01. The lowest BCUT2D eigenvalue weighted by molar-refractivity contribution is 0.461. The van der Waals surface area contributed by atoms with Crippen molar-refractivity contribution in [3.8, 4) is 5.75 Å². The van der Waals surface area contributed by atoms with E-state index in [4.69, 9.17) is 5.73 Å². The summed E-state index contributed by atoms with van der Waals surface area (Å²) in [4.78, 5) is 0. The van der Waals surface area contributed by atoms with E-state index >= 15 is 0 Å². The van der Waals surface area contributed by atoms with Gasteiger partial charge < -0.3 is 16.2 Å². The van der Waals surface area contributed by atoms with E-state index in [1.807, 2.05) is 0 Å². The molecule has 0 aromatic heterocycles. The number of halogens is 1. The van der Waals surface area contributed by atoms with Crippen LogP contribution in [0.15, 0.2) is 18.2 Å². The number of nitrogens with one attached hydrogen (secondary N) is 1. The zero-order valence-corrected chi connectivity index (χ0v) is 8.67. The molecule has 4 N–H and O–H groups in total. The number of unbranched alkanes of at least 4 members (excludes halogenated alkanes) is 1. The summed E-state index contributed by atoms with van der Waals surface area (Å²) in [6.45, 7) is 1.99. The summed E-state index contributed by atoms with van der Waals surface area (Å²) in [6, 6.07) is 3.95. The van der Waals surface area contributed by atoms with Gasteiger partial charge in [0.1, 0.15) is 11.6 Å². The van der Waals surface area contributed by atoms with Crippen molar-refractivity contribution in [2.45, 2.75) is 19.4 Å². The predicted molar refractivity (Wildman–Crippen MR) is 58.1 cm³/mol. The zero-order chi connectivity index (χ0) is 11.1. The molecule has 0 atom stereocenters. The van der Waals surface area contributed by atoms with Crippen LogP contribution in [0.4, 0.5) is 4.39 Å². The average molecular weight is 212 g/mol. The molecule has 0 saturated carbocycles. The summed E-state index contributed by atoms with van der Waals surface area (Å²) in [5, 5.41) is 12.5. The minimum Gasteiger partial charge on any atom is -0.508 e. The number of rotatable bonds is 6. The number of nitrogens with two attached hydrogens (primary N) is 1. The van der Waals surface area contributed by atoms with Gasteiger partial charge in [-0.25, -0.2) is 4.39 Å². The van der Waals surface area contributed by atoms with Gasteiger partial charge in [0, 0.05) is 12.1 Å². The lowest BCUT2D eigenvalue weighted by Crippen LogP contribution is -2.16. The van der Waals surface area contributed by atoms with Crippen LogP contribution in [-0.4, -0.2) is 18.2 Å². The number of hydrogen-bond donors (Lipinski definition) is 3. The van der Waals surface area contributed by atoms with Gasteiger partial charge in [0.05, 0.1) is 0 Å². The van der Waals surface area contributed by atoms with Crippen molar-refractivity contribution in [3.63, 3.8) is 0 Å². The Hall–Kier alpha value is -1.13. The first-order chi connectivity index (χ1) is 7.24. The summed E-state index contributed by atoms with van der Waals surface area (Å²) in [6.07, 6.45) is 1.97. The van der Waals surface area contributed by atoms with E-state index in [0.29, 0.717) is 18.7 Å². The second kappa shape index (κ2) is 6.37. The van der Waals surface area contributed by atoms with Crippen LogP contribution in [0.1, 0.15) is 18.4 Å². The van der Waals surface area contributed by atoms with Gasteiger partial charge in [-0.05, 0) is 44.1 Å². The molecule has 0 heterocycles. The molecular weight excluding hydrogens is 195 g/mol. The number of aromatic hydroxyl groups is 1. The Kier molecular flexibility index (Phi) is 5.07. The third-order valence-corrected chi connectivity index (χ3v) is 2.16. The van der Waals surface area contributed by atoms with Crippen molar-refractivity contribution in [1.82, 2.24) is 5.32 Å². The normalized spacial score (nSPS) is 10.5. The van der Waals surface area contributed by atoms with Crippen LogP contribution >= 0.6 is 0 Å². The molecule has 1 aromatic carbocycles. The Bertz CT molecular complexity index is 305. The second-order valence-electron chi connectivity index (χ2n) is 3.45. The van der Waals surface area contributed by atoms with Gasteiger partial charge in [0.15, 0.2) is 0 Å². The zero-order valence-electron chi connectivity index (χ0n) is 8.67. The molecule has 0 unspecified atom stereocenters. The van der Waals surface area contributed by atoms with Crippen molar-refractivity contribution in [1.29, 1.82) is 0 Å². The molecule has 0 radical (unpaired) electrons. The lowest BCUT2D eigenvalue weighted by atomic mass is 10.2.